The fourth-order valence-corrected chi connectivity index (χ4v) is 5.96. The molecule has 1 N–H and O–H groups in total. The fraction of sp³-hybridized carbons (Fsp3) is 0.400. The molecule has 0 saturated carbocycles. The van der Waals surface area contributed by atoms with Crippen molar-refractivity contribution >= 4 is 21.4 Å². The average Bonchev–Trinajstić information content (AvgIpc) is 2.95. The van der Waals surface area contributed by atoms with Gasteiger partial charge < -0.3 is 10.1 Å². The minimum absolute atomic E-state index is 0.0397. The molecule has 0 bridgehead atoms. The first-order valence-corrected chi connectivity index (χ1v) is 14.5. The van der Waals surface area contributed by atoms with E-state index < -0.39 is 20.0 Å². The van der Waals surface area contributed by atoms with Crippen LogP contribution in [-0.4, -0.2) is 31.9 Å². The Morgan fingerprint density at radius 2 is 2.00 bits per heavy atom. The van der Waals surface area contributed by atoms with Gasteiger partial charge in [0.1, 0.15) is 5.76 Å². The number of hydrogen-bond donors (Lipinski definition) is 1. The van der Waals surface area contributed by atoms with Crippen LogP contribution in [-0.2, 0) is 24.8 Å². The minimum Gasteiger partial charge on any atom is -0.493 e. The smallest absolute Gasteiger partial charge is 0.235 e. The van der Waals surface area contributed by atoms with Gasteiger partial charge >= 0.3 is 0 Å². The van der Waals surface area contributed by atoms with E-state index in [1.165, 1.54) is 11.8 Å². The summed E-state index contributed by atoms with van der Waals surface area (Å²) < 4.78 is 29.5. The highest BCUT2D eigenvalue weighted by atomic mass is 32.2. The molecule has 6 nitrogen and oxygen atoms in total. The molecule has 1 heterocycles. The van der Waals surface area contributed by atoms with Gasteiger partial charge in [-0.2, -0.15) is 5.26 Å². The molecule has 0 fully saturated rings. The normalized spacial score (nSPS) is 23.5. The largest absolute Gasteiger partial charge is 0.493 e. The summed E-state index contributed by atoms with van der Waals surface area (Å²) in [6.07, 6.45) is 15.5. The molecule has 7 heteroatoms. The highest BCUT2D eigenvalue weighted by molar-refractivity contribution is 7.92. The summed E-state index contributed by atoms with van der Waals surface area (Å²) in [4.78, 5) is 13.0. The lowest BCUT2D eigenvalue weighted by Gasteiger charge is -2.29. The average molecular weight is 519 g/mol. The van der Waals surface area contributed by atoms with Gasteiger partial charge in [0.15, 0.2) is 9.84 Å². The number of anilines is 1. The van der Waals surface area contributed by atoms with E-state index in [-0.39, 0.29) is 5.91 Å². The molecule has 37 heavy (non-hydrogen) atoms. The number of nitrogens with zero attached hydrogens (tertiary/aromatic N) is 1. The van der Waals surface area contributed by atoms with Crippen molar-refractivity contribution in [3.05, 3.63) is 88.8 Å². The number of benzene rings is 1. The first-order valence-electron chi connectivity index (χ1n) is 12.6. The Morgan fingerprint density at radius 1 is 1.22 bits per heavy atom. The Hall–Kier alpha value is -3.37. The lowest BCUT2D eigenvalue weighted by atomic mass is 9.72. The van der Waals surface area contributed by atoms with Gasteiger partial charge in [-0.25, -0.2) is 8.42 Å². The Kier molecular flexibility index (Phi) is 7.34. The van der Waals surface area contributed by atoms with Crippen molar-refractivity contribution in [3.63, 3.8) is 0 Å². The summed E-state index contributed by atoms with van der Waals surface area (Å²) in [5.41, 5.74) is 4.42. The number of carbonyl (C=O) groups excluding carboxylic acids is 1. The quantitative estimate of drug-likeness (QED) is 0.480. The standard InChI is InChI=1S/C30H34N2O4S/c1-21-9-11-24(12-13-25(21)29(2,3)37(4,34)35)36-18-15-22-7-5-16-30(17-6-8-22)26-19-23(20-31)10-14-27(26)32-28(30)33/h7,9-14,19H,1,5-6,8,15-18H2,2-4H3,(H,32,33)/b22-7-. The molecule has 1 aromatic rings. The zero-order valence-corrected chi connectivity index (χ0v) is 22.6. The highest BCUT2D eigenvalue weighted by Gasteiger charge is 2.46. The Labute approximate surface area is 220 Å². The first kappa shape index (κ1) is 26.7. The molecule has 1 atom stereocenters. The van der Waals surface area contributed by atoms with Crippen LogP contribution in [0.3, 0.4) is 0 Å². The van der Waals surface area contributed by atoms with Gasteiger partial charge in [-0.1, -0.05) is 30.4 Å². The summed E-state index contributed by atoms with van der Waals surface area (Å²) in [6.45, 7) is 7.92. The first-order chi connectivity index (χ1) is 17.5. The van der Waals surface area contributed by atoms with E-state index in [0.717, 1.165) is 43.4 Å². The molecule has 1 aromatic carbocycles. The summed E-state index contributed by atoms with van der Waals surface area (Å²) in [5.74, 6) is 0.705. The third kappa shape index (κ3) is 5.21. The zero-order chi connectivity index (χ0) is 26.8. The third-order valence-corrected chi connectivity index (χ3v) is 10.0. The van der Waals surface area contributed by atoms with E-state index in [9.17, 15) is 18.5 Å². The second-order valence-electron chi connectivity index (χ2n) is 10.6. The summed E-state index contributed by atoms with van der Waals surface area (Å²) >= 11 is 0. The topological polar surface area (TPSA) is 96.3 Å². The molecule has 1 spiro atoms. The van der Waals surface area contributed by atoms with Gasteiger partial charge in [0.05, 0.1) is 28.4 Å². The Balaban J connectivity index is 1.40. The van der Waals surface area contributed by atoms with Gasteiger partial charge in [0, 0.05) is 18.4 Å². The second kappa shape index (κ2) is 10.2. The van der Waals surface area contributed by atoms with Crippen molar-refractivity contribution < 1.29 is 17.9 Å². The van der Waals surface area contributed by atoms with Crippen LogP contribution in [0.2, 0.25) is 0 Å². The maximum Gasteiger partial charge on any atom is 0.235 e. The van der Waals surface area contributed by atoms with Crippen LogP contribution in [0.15, 0.2) is 77.6 Å². The molecule has 3 aliphatic rings. The fourth-order valence-electron chi connectivity index (χ4n) is 5.36. The van der Waals surface area contributed by atoms with Crippen molar-refractivity contribution in [2.45, 2.75) is 62.5 Å². The number of nitrogens with one attached hydrogen (secondary N) is 1. The molecule has 194 valence electrons. The van der Waals surface area contributed by atoms with Crippen molar-refractivity contribution in [1.82, 2.24) is 0 Å². The molecular formula is C30H34N2O4S. The number of amides is 1. The number of fused-ring (bicyclic) bond motifs is 2. The number of nitriles is 1. The molecule has 0 saturated heterocycles. The van der Waals surface area contributed by atoms with E-state index in [2.05, 4.69) is 24.0 Å². The number of ether oxygens (including phenoxy) is 1. The monoisotopic (exact) mass is 518 g/mol. The van der Waals surface area contributed by atoms with E-state index in [1.54, 1.807) is 38.1 Å². The van der Waals surface area contributed by atoms with Crippen molar-refractivity contribution in [2.24, 2.45) is 0 Å². The molecule has 0 aromatic heterocycles. The van der Waals surface area contributed by atoms with Crippen LogP contribution < -0.4 is 5.32 Å². The van der Waals surface area contributed by atoms with Crippen LogP contribution in [0, 0.1) is 11.3 Å². The molecule has 1 unspecified atom stereocenters. The zero-order valence-electron chi connectivity index (χ0n) is 21.8. The summed E-state index contributed by atoms with van der Waals surface area (Å²) in [5, 5.41) is 12.3. The SMILES string of the molecule is C=C1C=CC(OCC/C2=C\CCC3(CCC2)C(=O)Nc2ccc(C#N)cc23)=CC=C1C(C)(C)S(C)(=O)=O. The lowest BCUT2D eigenvalue weighted by molar-refractivity contribution is -0.121. The Bertz CT molecular complexity index is 1400. The number of hydrogen-bond acceptors (Lipinski definition) is 5. The predicted molar refractivity (Wildman–Crippen MR) is 147 cm³/mol. The van der Waals surface area contributed by atoms with Gasteiger partial charge in [-0.15, -0.1) is 0 Å². The molecule has 2 aliphatic carbocycles. The molecule has 0 radical (unpaired) electrons. The van der Waals surface area contributed by atoms with Crippen LogP contribution in [0.4, 0.5) is 5.69 Å². The molecule has 1 amide bonds. The van der Waals surface area contributed by atoms with Crippen molar-refractivity contribution in [3.8, 4) is 6.07 Å². The maximum atomic E-state index is 13.0. The molecular weight excluding hydrogens is 484 g/mol. The van der Waals surface area contributed by atoms with Crippen molar-refractivity contribution in [1.29, 1.82) is 5.26 Å². The number of sulfone groups is 1. The van der Waals surface area contributed by atoms with Crippen LogP contribution >= 0.6 is 0 Å². The number of carbonyl (C=O) groups is 1. The minimum atomic E-state index is -3.32. The lowest BCUT2D eigenvalue weighted by Crippen LogP contribution is -2.35. The summed E-state index contributed by atoms with van der Waals surface area (Å²) in [6, 6.07) is 7.64. The number of rotatable bonds is 6. The maximum absolute atomic E-state index is 13.0. The Morgan fingerprint density at radius 3 is 2.73 bits per heavy atom. The van der Waals surface area contributed by atoms with E-state index in [4.69, 9.17) is 4.74 Å². The van der Waals surface area contributed by atoms with E-state index >= 15 is 0 Å². The second-order valence-corrected chi connectivity index (χ2v) is 13.1. The number of allylic oxidation sites excluding steroid dienone is 6. The predicted octanol–water partition coefficient (Wildman–Crippen LogP) is 5.80. The van der Waals surface area contributed by atoms with Crippen LogP contribution in [0.5, 0.6) is 0 Å². The van der Waals surface area contributed by atoms with E-state index in [0.29, 0.717) is 35.5 Å². The van der Waals surface area contributed by atoms with Crippen molar-refractivity contribution in [2.75, 3.05) is 18.2 Å². The van der Waals surface area contributed by atoms with Gasteiger partial charge in [-0.05, 0) is 93.0 Å². The van der Waals surface area contributed by atoms with Gasteiger partial charge in [-0.3, -0.25) is 4.79 Å². The highest BCUT2D eigenvalue weighted by Crippen LogP contribution is 2.46. The van der Waals surface area contributed by atoms with Gasteiger partial charge in [0.25, 0.3) is 0 Å². The van der Waals surface area contributed by atoms with Crippen LogP contribution in [0.25, 0.3) is 0 Å². The summed E-state index contributed by atoms with van der Waals surface area (Å²) in [7, 11) is -3.32. The van der Waals surface area contributed by atoms with Gasteiger partial charge in [0.2, 0.25) is 5.91 Å². The van der Waals surface area contributed by atoms with Crippen LogP contribution in [0.1, 0.15) is 63.5 Å². The third-order valence-electron chi connectivity index (χ3n) is 7.93. The molecule has 4 rings (SSSR count). The van der Waals surface area contributed by atoms with E-state index in [1.807, 2.05) is 18.2 Å². The molecule has 1 aliphatic heterocycles.